The number of nitrogens with zero attached hydrogens (tertiary/aromatic N) is 2. The molecule has 1 atom stereocenters. The summed E-state index contributed by atoms with van der Waals surface area (Å²) in [6.45, 7) is 1.01. The molecule has 1 aromatic heterocycles. The third-order valence-electron chi connectivity index (χ3n) is 4.82. The van der Waals surface area contributed by atoms with E-state index in [1.165, 1.54) is 6.07 Å². The van der Waals surface area contributed by atoms with Gasteiger partial charge in [-0.1, -0.05) is 29.8 Å². The highest BCUT2D eigenvalue weighted by atomic mass is 35.5. The van der Waals surface area contributed by atoms with E-state index in [1.54, 1.807) is 34.4 Å². The molecule has 4 rings (SSSR count). The molecule has 0 bridgehead atoms. The molecule has 3 aromatic rings. The lowest BCUT2D eigenvalue weighted by Gasteiger charge is -2.31. The first-order chi connectivity index (χ1) is 13.6. The molecule has 2 heterocycles. The maximum absolute atomic E-state index is 12.6. The van der Waals surface area contributed by atoms with Gasteiger partial charge in [0.05, 0.1) is 20.8 Å². The topological polar surface area (TPSA) is 59.5 Å². The molecule has 0 unspecified atom stereocenters. The van der Waals surface area contributed by atoms with E-state index in [9.17, 15) is 9.59 Å². The van der Waals surface area contributed by atoms with Crippen molar-refractivity contribution in [3.63, 3.8) is 0 Å². The quantitative estimate of drug-likeness (QED) is 0.589. The van der Waals surface area contributed by atoms with Gasteiger partial charge in [0.2, 0.25) is 0 Å². The summed E-state index contributed by atoms with van der Waals surface area (Å²) in [5, 5.41) is 1.52. The normalized spacial score (nSPS) is 16.9. The van der Waals surface area contributed by atoms with Crippen LogP contribution in [0.1, 0.15) is 34.1 Å². The molecule has 1 aliphatic heterocycles. The summed E-state index contributed by atoms with van der Waals surface area (Å²) in [5.74, 6) is -0.504. The summed E-state index contributed by atoms with van der Waals surface area (Å²) < 4.78 is 6.35. The first kappa shape index (κ1) is 18.9. The van der Waals surface area contributed by atoms with Gasteiger partial charge in [-0.2, -0.15) is 0 Å². The number of para-hydroxylation sites is 1. The Morgan fingerprint density at radius 2 is 2.07 bits per heavy atom. The minimum atomic E-state index is -0.546. The van der Waals surface area contributed by atoms with Crippen molar-refractivity contribution in [2.24, 2.45) is 0 Å². The Bertz CT molecular complexity index is 987. The molecular formula is C21H19ClN2O3S. The van der Waals surface area contributed by atoms with E-state index in [-0.39, 0.29) is 18.4 Å². The lowest BCUT2D eigenvalue weighted by Crippen LogP contribution is -2.41. The number of likely N-dealkylation sites (tertiary alicyclic amines) is 1. The van der Waals surface area contributed by atoms with Gasteiger partial charge in [0, 0.05) is 24.0 Å². The Hall–Kier alpha value is -2.44. The summed E-state index contributed by atoms with van der Waals surface area (Å²) >= 11 is 7.58. The van der Waals surface area contributed by atoms with Crippen LogP contribution in [0.3, 0.4) is 0 Å². The van der Waals surface area contributed by atoms with Crippen molar-refractivity contribution in [3.8, 4) is 0 Å². The van der Waals surface area contributed by atoms with Crippen LogP contribution in [0, 0.1) is 0 Å². The Morgan fingerprint density at radius 3 is 2.89 bits per heavy atom. The van der Waals surface area contributed by atoms with Gasteiger partial charge >= 0.3 is 5.97 Å². The monoisotopic (exact) mass is 414 g/mol. The Labute approximate surface area is 171 Å². The summed E-state index contributed by atoms with van der Waals surface area (Å²) in [7, 11) is 0. The zero-order valence-electron chi connectivity index (χ0n) is 15.1. The number of esters is 1. The van der Waals surface area contributed by atoms with E-state index >= 15 is 0 Å². The van der Waals surface area contributed by atoms with Crippen molar-refractivity contribution < 1.29 is 14.3 Å². The smallest absolute Gasteiger partial charge is 0.338 e. The molecule has 1 fully saturated rings. The highest BCUT2D eigenvalue weighted by molar-refractivity contribution is 7.18. The third-order valence-corrected chi connectivity index (χ3v) is 6.25. The minimum Gasteiger partial charge on any atom is -0.452 e. The number of benzene rings is 2. The molecule has 144 valence electrons. The number of carbonyl (C=O) groups is 2. The second-order valence-corrected chi connectivity index (χ2v) is 8.28. The average Bonchev–Trinajstić information content (AvgIpc) is 3.16. The maximum Gasteiger partial charge on any atom is 0.338 e. The zero-order chi connectivity index (χ0) is 19.5. The molecule has 0 aliphatic carbocycles. The average molecular weight is 415 g/mol. The number of hydrogen-bond acceptors (Lipinski definition) is 5. The lowest BCUT2D eigenvalue weighted by atomic mass is 9.99. The van der Waals surface area contributed by atoms with Crippen molar-refractivity contribution in [1.29, 1.82) is 0 Å². The van der Waals surface area contributed by atoms with Gasteiger partial charge in [0.1, 0.15) is 0 Å². The Kier molecular flexibility index (Phi) is 5.59. The van der Waals surface area contributed by atoms with Crippen LogP contribution in [0.4, 0.5) is 0 Å². The molecule has 1 aliphatic rings. The van der Waals surface area contributed by atoms with Crippen LogP contribution >= 0.6 is 22.9 Å². The van der Waals surface area contributed by atoms with Crippen LogP contribution in [0.15, 0.2) is 48.5 Å². The highest BCUT2D eigenvalue weighted by Crippen LogP contribution is 2.32. The molecule has 0 N–H and O–H groups in total. The predicted molar refractivity (Wildman–Crippen MR) is 110 cm³/mol. The van der Waals surface area contributed by atoms with Crippen molar-refractivity contribution in [2.45, 2.75) is 18.8 Å². The highest BCUT2D eigenvalue weighted by Gasteiger charge is 2.27. The molecule has 5 nitrogen and oxygen atoms in total. The summed E-state index contributed by atoms with van der Waals surface area (Å²) in [4.78, 5) is 31.2. The molecule has 0 radical (unpaired) electrons. The standard InChI is InChI=1S/C21H19ClN2O3S/c22-16-7-3-5-14(11-16)21(26)27-13-19(25)24-10-4-6-15(12-24)20-23-17-8-1-2-9-18(17)28-20/h1-3,5,7-9,11,15H,4,6,10,12-13H2/t15-/m0/s1. The summed E-state index contributed by atoms with van der Waals surface area (Å²) in [6.07, 6.45) is 1.92. The van der Waals surface area contributed by atoms with Gasteiger partial charge in [-0.25, -0.2) is 9.78 Å². The SMILES string of the molecule is O=C(OCC(=O)N1CCC[C@H](c2nc3ccccc3s2)C1)c1cccc(Cl)c1. The Morgan fingerprint density at radius 1 is 1.21 bits per heavy atom. The first-order valence-electron chi connectivity index (χ1n) is 9.16. The number of ether oxygens (including phenoxy) is 1. The summed E-state index contributed by atoms with van der Waals surface area (Å²) in [5.41, 5.74) is 1.34. The van der Waals surface area contributed by atoms with Gasteiger partial charge in [-0.15, -0.1) is 11.3 Å². The maximum atomic E-state index is 12.6. The number of rotatable bonds is 4. The van der Waals surface area contributed by atoms with E-state index in [0.717, 1.165) is 28.1 Å². The van der Waals surface area contributed by atoms with E-state index in [1.807, 2.05) is 18.2 Å². The molecule has 2 aromatic carbocycles. The van der Waals surface area contributed by atoms with E-state index in [2.05, 4.69) is 6.07 Å². The fourth-order valence-electron chi connectivity index (χ4n) is 3.39. The van der Waals surface area contributed by atoms with Gasteiger partial charge in [0.25, 0.3) is 5.91 Å². The van der Waals surface area contributed by atoms with Crippen molar-refractivity contribution in [2.75, 3.05) is 19.7 Å². The molecule has 28 heavy (non-hydrogen) atoms. The van der Waals surface area contributed by atoms with Crippen LogP contribution < -0.4 is 0 Å². The summed E-state index contributed by atoms with van der Waals surface area (Å²) in [6, 6.07) is 14.6. The van der Waals surface area contributed by atoms with Gasteiger partial charge in [-0.3, -0.25) is 4.79 Å². The lowest BCUT2D eigenvalue weighted by molar-refractivity contribution is -0.135. The number of aromatic nitrogens is 1. The fraction of sp³-hybridized carbons (Fsp3) is 0.286. The third kappa shape index (κ3) is 4.18. The first-order valence-corrected chi connectivity index (χ1v) is 10.4. The number of halogens is 1. The predicted octanol–water partition coefficient (Wildman–Crippen LogP) is 4.51. The second kappa shape index (κ2) is 8.29. The number of hydrogen-bond donors (Lipinski definition) is 0. The van der Waals surface area contributed by atoms with Crippen molar-refractivity contribution in [1.82, 2.24) is 9.88 Å². The zero-order valence-corrected chi connectivity index (χ0v) is 16.7. The van der Waals surface area contributed by atoms with Gasteiger partial charge in [0.15, 0.2) is 6.61 Å². The molecule has 0 saturated carbocycles. The molecule has 1 amide bonds. The van der Waals surface area contributed by atoms with E-state index < -0.39 is 5.97 Å². The number of thiazole rings is 1. The van der Waals surface area contributed by atoms with Crippen molar-refractivity contribution >= 4 is 45.0 Å². The van der Waals surface area contributed by atoms with E-state index in [4.69, 9.17) is 21.3 Å². The van der Waals surface area contributed by atoms with Crippen molar-refractivity contribution in [3.05, 3.63) is 64.1 Å². The number of carbonyl (C=O) groups excluding carboxylic acids is 2. The van der Waals surface area contributed by atoms with Crippen LogP contribution in [-0.4, -0.2) is 41.5 Å². The number of fused-ring (bicyclic) bond motifs is 1. The number of piperidine rings is 1. The van der Waals surface area contributed by atoms with E-state index in [0.29, 0.717) is 23.7 Å². The van der Waals surface area contributed by atoms with Crippen LogP contribution in [0.2, 0.25) is 5.02 Å². The second-order valence-electron chi connectivity index (χ2n) is 6.79. The minimum absolute atomic E-state index is 0.179. The van der Waals surface area contributed by atoms with Gasteiger partial charge < -0.3 is 9.64 Å². The Balaban J connectivity index is 1.37. The molecule has 7 heteroatoms. The fourth-order valence-corrected chi connectivity index (χ4v) is 4.67. The number of amides is 1. The van der Waals surface area contributed by atoms with Gasteiger partial charge in [-0.05, 0) is 43.2 Å². The molecule has 1 saturated heterocycles. The molecular weight excluding hydrogens is 396 g/mol. The van der Waals surface area contributed by atoms with Crippen LogP contribution in [0.5, 0.6) is 0 Å². The van der Waals surface area contributed by atoms with Crippen LogP contribution in [-0.2, 0) is 9.53 Å². The largest absolute Gasteiger partial charge is 0.452 e. The van der Waals surface area contributed by atoms with Crippen LogP contribution in [0.25, 0.3) is 10.2 Å². The molecule has 0 spiro atoms.